The summed E-state index contributed by atoms with van der Waals surface area (Å²) in [5.41, 5.74) is 0. The molecule has 4 nitrogen and oxygen atoms in total. The average Bonchev–Trinajstić information content (AvgIpc) is 2.01. The van der Waals surface area contributed by atoms with Crippen molar-refractivity contribution in [3.8, 4) is 0 Å². The van der Waals surface area contributed by atoms with Gasteiger partial charge in [-0.15, -0.1) is 0 Å². The van der Waals surface area contributed by atoms with Gasteiger partial charge in [-0.25, -0.2) is 0 Å². The zero-order valence-corrected chi connectivity index (χ0v) is 7.46. The van der Waals surface area contributed by atoms with Crippen LogP contribution < -0.4 is 0 Å². The van der Waals surface area contributed by atoms with E-state index in [1.165, 1.54) is 6.92 Å². The van der Waals surface area contributed by atoms with Crippen molar-refractivity contribution < 1.29 is 19.1 Å². The van der Waals surface area contributed by atoms with Gasteiger partial charge in [-0.05, 0) is 13.8 Å². The lowest BCUT2D eigenvalue weighted by Gasteiger charge is -2.02. The lowest BCUT2D eigenvalue weighted by Crippen LogP contribution is -2.09. The Kier molecular flexibility index (Phi) is 6.28. The highest BCUT2D eigenvalue weighted by Crippen LogP contribution is 1.93. The molecule has 0 amide bonds. The minimum absolute atomic E-state index is 0.0108. The van der Waals surface area contributed by atoms with Gasteiger partial charge in [0.2, 0.25) is 0 Å². The van der Waals surface area contributed by atoms with E-state index in [0.717, 1.165) is 0 Å². The Hall–Kier alpha value is -0.900. The lowest BCUT2D eigenvalue weighted by atomic mass is 10.2. The molecular formula is C8H14O4. The molecule has 0 saturated carbocycles. The van der Waals surface area contributed by atoms with E-state index in [-0.39, 0.29) is 25.4 Å². The summed E-state index contributed by atoms with van der Waals surface area (Å²) >= 11 is 0. The van der Waals surface area contributed by atoms with Crippen LogP contribution in [0.3, 0.4) is 0 Å². The molecule has 4 heteroatoms. The number of carbonyl (C=O) groups excluding carboxylic acids is 2. The highest BCUT2D eigenvalue weighted by Gasteiger charge is 2.03. The SMILES string of the molecule is CCOCOC(=O)CCC(C)=O. The smallest absolute Gasteiger partial charge is 0.308 e. The third kappa shape index (κ3) is 7.21. The number of hydrogen-bond donors (Lipinski definition) is 0. The van der Waals surface area contributed by atoms with Crippen LogP contribution in [0, 0.1) is 0 Å². The summed E-state index contributed by atoms with van der Waals surface area (Å²) < 4.78 is 9.40. The van der Waals surface area contributed by atoms with Crippen LogP contribution in [0.2, 0.25) is 0 Å². The van der Waals surface area contributed by atoms with Gasteiger partial charge in [0, 0.05) is 13.0 Å². The fourth-order valence-corrected chi connectivity index (χ4v) is 0.541. The maximum atomic E-state index is 10.8. The van der Waals surface area contributed by atoms with Gasteiger partial charge in [0.05, 0.1) is 6.42 Å². The van der Waals surface area contributed by atoms with Crippen molar-refractivity contribution >= 4 is 11.8 Å². The fourth-order valence-electron chi connectivity index (χ4n) is 0.541. The third-order valence-electron chi connectivity index (χ3n) is 1.19. The number of Topliss-reactive ketones (excluding diaryl/α,β-unsaturated/α-hetero) is 1. The van der Waals surface area contributed by atoms with Crippen LogP contribution in [0.1, 0.15) is 26.7 Å². The first-order chi connectivity index (χ1) is 5.66. The maximum absolute atomic E-state index is 10.8. The van der Waals surface area contributed by atoms with Crippen LogP contribution >= 0.6 is 0 Å². The molecule has 0 heterocycles. The highest BCUT2D eigenvalue weighted by atomic mass is 16.7. The predicted molar refractivity (Wildman–Crippen MR) is 42.5 cm³/mol. The number of hydrogen-bond acceptors (Lipinski definition) is 4. The third-order valence-corrected chi connectivity index (χ3v) is 1.19. The van der Waals surface area contributed by atoms with Gasteiger partial charge in [0.1, 0.15) is 5.78 Å². The Morgan fingerprint density at radius 1 is 1.25 bits per heavy atom. The number of ether oxygens (including phenoxy) is 2. The van der Waals surface area contributed by atoms with Gasteiger partial charge < -0.3 is 14.3 Å². The topological polar surface area (TPSA) is 52.6 Å². The van der Waals surface area contributed by atoms with Crippen molar-refractivity contribution in [3.05, 3.63) is 0 Å². The molecule has 0 aliphatic carbocycles. The van der Waals surface area contributed by atoms with Gasteiger partial charge in [-0.3, -0.25) is 4.79 Å². The first-order valence-electron chi connectivity index (χ1n) is 3.89. The van der Waals surface area contributed by atoms with Crippen molar-refractivity contribution in [3.63, 3.8) is 0 Å². The van der Waals surface area contributed by atoms with E-state index in [9.17, 15) is 9.59 Å². The Morgan fingerprint density at radius 2 is 1.92 bits per heavy atom. The average molecular weight is 174 g/mol. The molecular weight excluding hydrogens is 160 g/mol. The van der Waals surface area contributed by atoms with Crippen LogP contribution in [0.4, 0.5) is 0 Å². The molecule has 0 aliphatic rings. The molecule has 0 aliphatic heterocycles. The van der Waals surface area contributed by atoms with E-state index in [2.05, 4.69) is 4.74 Å². The number of esters is 1. The van der Waals surface area contributed by atoms with E-state index in [4.69, 9.17) is 4.74 Å². The number of ketones is 1. The van der Waals surface area contributed by atoms with Crippen molar-refractivity contribution in [1.29, 1.82) is 0 Å². The second kappa shape index (κ2) is 6.79. The molecule has 0 atom stereocenters. The molecule has 0 N–H and O–H groups in total. The minimum atomic E-state index is -0.390. The summed E-state index contributed by atoms with van der Waals surface area (Å²) in [5, 5.41) is 0. The molecule has 0 aromatic rings. The van der Waals surface area contributed by atoms with Crippen molar-refractivity contribution in [1.82, 2.24) is 0 Å². The quantitative estimate of drug-likeness (QED) is 0.341. The molecule has 0 fully saturated rings. The lowest BCUT2D eigenvalue weighted by molar-refractivity contribution is -0.156. The normalized spacial score (nSPS) is 9.50. The largest absolute Gasteiger partial charge is 0.438 e. The molecule has 70 valence electrons. The summed E-state index contributed by atoms with van der Waals surface area (Å²) in [6, 6.07) is 0. The van der Waals surface area contributed by atoms with E-state index < -0.39 is 5.97 Å². The standard InChI is InChI=1S/C8H14O4/c1-3-11-6-12-8(10)5-4-7(2)9/h3-6H2,1-2H3. The van der Waals surface area contributed by atoms with E-state index in [1.807, 2.05) is 6.92 Å². The van der Waals surface area contributed by atoms with Crippen LogP contribution in [-0.4, -0.2) is 25.2 Å². The molecule has 0 saturated heterocycles. The van der Waals surface area contributed by atoms with Crippen molar-refractivity contribution in [2.75, 3.05) is 13.4 Å². The highest BCUT2D eigenvalue weighted by molar-refractivity contribution is 5.80. The molecule has 0 spiro atoms. The van der Waals surface area contributed by atoms with Gasteiger partial charge in [0.15, 0.2) is 6.79 Å². The van der Waals surface area contributed by atoms with Crippen LogP contribution in [0.5, 0.6) is 0 Å². The van der Waals surface area contributed by atoms with Crippen molar-refractivity contribution in [2.45, 2.75) is 26.7 Å². The summed E-state index contributed by atoms with van der Waals surface area (Å²) in [6.07, 6.45) is 0.382. The minimum Gasteiger partial charge on any atom is -0.438 e. The molecule has 12 heavy (non-hydrogen) atoms. The Balaban J connectivity index is 3.28. The molecule has 0 rings (SSSR count). The Bertz CT molecular complexity index is 153. The molecule has 0 aromatic carbocycles. The van der Waals surface area contributed by atoms with Crippen LogP contribution in [0.25, 0.3) is 0 Å². The van der Waals surface area contributed by atoms with E-state index >= 15 is 0 Å². The van der Waals surface area contributed by atoms with Crippen molar-refractivity contribution in [2.24, 2.45) is 0 Å². The summed E-state index contributed by atoms with van der Waals surface area (Å²) in [5.74, 6) is -0.401. The second-order valence-electron chi connectivity index (χ2n) is 2.33. The summed E-state index contributed by atoms with van der Waals surface area (Å²) in [4.78, 5) is 21.2. The van der Waals surface area contributed by atoms with Gasteiger partial charge >= 0.3 is 5.97 Å². The zero-order chi connectivity index (χ0) is 9.40. The van der Waals surface area contributed by atoms with Gasteiger partial charge in [-0.1, -0.05) is 0 Å². The Morgan fingerprint density at radius 3 is 2.42 bits per heavy atom. The summed E-state index contributed by atoms with van der Waals surface area (Å²) in [7, 11) is 0. The van der Waals surface area contributed by atoms with Crippen LogP contribution in [-0.2, 0) is 19.1 Å². The summed E-state index contributed by atoms with van der Waals surface area (Å²) in [6.45, 7) is 3.74. The Labute approximate surface area is 71.8 Å². The molecule has 0 radical (unpaired) electrons. The predicted octanol–water partition coefficient (Wildman–Crippen LogP) is 0.893. The van der Waals surface area contributed by atoms with E-state index in [1.54, 1.807) is 0 Å². The number of carbonyl (C=O) groups is 2. The van der Waals surface area contributed by atoms with Gasteiger partial charge in [-0.2, -0.15) is 0 Å². The fraction of sp³-hybridized carbons (Fsp3) is 0.750. The molecule has 0 bridgehead atoms. The second-order valence-corrected chi connectivity index (χ2v) is 2.33. The van der Waals surface area contributed by atoms with E-state index in [0.29, 0.717) is 6.61 Å². The first-order valence-corrected chi connectivity index (χ1v) is 3.89. The number of rotatable bonds is 6. The zero-order valence-electron chi connectivity index (χ0n) is 7.46. The molecule has 0 unspecified atom stereocenters. The maximum Gasteiger partial charge on any atom is 0.308 e. The first kappa shape index (κ1) is 11.1. The molecule has 0 aromatic heterocycles. The van der Waals surface area contributed by atoms with Gasteiger partial charge in [0.25, 0.3) is 0 Å². The van der Waals surface area contributed by atoms with Crippen LogP contribution in [0.15, 0.2) is 0 Å². The monoisotopic (exact) mass is 174 g/mol.